The largest absolute Gasteiger partial charge is 0.384 e. The van der Waals surface area contributed by atoms with Gasteiger partial charge in [0, 0.05) is 50.2 Å². The molecule has 0 spiro atoms. The van der Waals surface area contributed by atoms with E-state index in [1.54, 1.807) is 12.3 Å². The Morgan fingerprint density at radius 1 is 1.13 bits per heavy atom. The van der Waals surface area contributed by atoms with E-state index in [-0.39, 0.29) is 5.56 Å². The Bertz CT molecular complexity index is 1170. The van der Waals surface area contributed by atoms with Crippen LogP contribution in [-0.4, -0.2) is 47.6 Å². The number of benzene rings is 1. The zero-order valence-corrected chi connectivity index (χ0v) is 16.8. The lowest BCUT2D eigenvalue weighted by Gasteiger charge is -2.36. The van der Waals surface area contributed by atoms with Crippen LogP contribution in [0.5, 0.6) is 0 Å². The summed E-state index contributed by atoms with van der Waals surface area (Å²) in [5.41, 5.74) is 5.56. The molecule has 0 atom stereocenters. The topological polar surface area (TPSA) is 88.0 Å². The van der Waals surface area contributed by atoms with Gasteiger partial charge in [0.2, 0.25) is 0 Å². The Balaban J connectivity index is 1.28. The van der Waals surface area contributed by atoms with Crippen molar-refractivity contribution in [3.63, 3.8) is 0 Å². The molecule has 3 aromatic rings. The van der Waals surface area contributed by atoms with Crippen molar-refractivity contribution >= 4 is 22.3 Å². The van der Waals surface area contributed by atoms with E-state index in [0.717, 1.165) is 80.0 Å². The van der Waals surface area contributed by atoms with Gasteiger partial charge in [-0.1, -0.05) is 12.1 Å². The van der Waals surface area contributed by atoms with Crippen LogP contribution in [0.1, 0.15) is 23.2 Å². The van der Waals surface area contributed by atoms with E-state index in [2.05, 4.69) is 49.4 Å². The molecule has 0 bridgehead atoms. The summed E-state index contributed by atoms with van der Waals surface area (Å²) in [5.74, 6) is 0. The zero-order chi connectivity index (χ0) is 20.5. The second kappa shape index (κ2) is 7.81. The van der Waals surface area contributed by atoms with Gasteiger partial charge < -0.3 is 15.2 Å². The van der Waals surface area contributed by atoms with Gasteiger partial charge in [-0.15, -0.1) is 0 Å². The minimum absolute atomic E-state index is 0.0338. The number of nitrogens with zero attached hydrogens (tertiary/aromatic N) is 4. The van der Waals surface area contributed by atoms with Crippen molar-refractivity contribution in [3.05, 3.63) is 63.7 Å². The van der Waals surface area contributed by atoms with Gasteiger partial charge in [0.15, 0.2) is 0 Å². The predicted octanol–water partition coefficient (Wildman–Crippen LogP) is 2.48. The standard InChI is InChI=1S/C23H24N6O/c24-13-17-4-5-18(14-26-17)29-10-8-28(9-11-29)15-16-3-6-19-21(12-16)27-23(30)20-2-1-7-25-22(19)20/h3-6,12,14,25H,1-2,7-11,15H2,(H,27,30). The van der Waals surface area contributed by atoms with Gasteiger partial charge in [-0.25, -0.2) is 4.98 Å². The second-order valence-electron chi connectivity index (χ2n) is 7.99. The third-order valence-corrected chi connectivity index (χ3v) is 6.09. The molecule has 7 nitrogen and oxygen atoms in total. The molecule has 2 aliphatic rings. The number of rotatable bonds is 3. The predicted molar refractivity (Wildman–Crippen MR) is 118 cm³/mol. The van der Waals surface area contributed by atoms with Gasteiger partial charge >= 0.3 is 0 Å². The first kappa shape index (κ1) is 18.6. The van der Waals surface area contributed by atoms with E-state index < -0.39 is 0 Å². The van der Waals surface area contributed by atoms with Crippen LogP contribution in [0.3, 0.4) is 0 Å². The van der Waals surface area contributed by atoms with Gasteiger partial charge in [-0.3, -0.25) is 9.69 Å². The molecule has 0 amide bonds. The number of anilines is 2. The van der Waals surface area contributed by atoms with Gasteiger partial charge in [0.05, 0.1) is 23.1 Å². The molecule has 7 heteroatoms. The van der Waals surface area contributed by atoms with Crippen molar-refractivity contribution in [3.8, 4) is 6.07 Å². The number of pyridine rings is 2. The van der Waals surface area contributed by atoms with E-state index in [1.165, 1.54) is 5.56 Å². The lowest BCUT2D eigenvalue weighted by molar-refractivity contribution is 0.250. The quantitative estimate of drug-likeness (QED) is 0.702. The van der Waals surface area contributed by atoms with E-state index >= 15 is 0 Å². The summed E-state index contributed by atoms with van der Waals surface area (Å²) in [6.45, 7) is 5.56. The number of piperazine rings is 1. The SMILES string of the molecule is N#Cc1ccc(N2CCN(Cc3ccc4c5c(c(=O)[nH]c4c3)CCCN5)CC2)cn1. The normalized spacial score (nSPS) is 16.7. The van der Waals surface area contributed by atoms with Crippen molar-refractivity contribution in [1.29, 1.82) is 5.26 Å². The maximum absolute atomic E-state index is 12.5. The van der Waals surface area contributed by atoms with E-state index in [0.29, 0.717) is 5.69 Å². The molecule has 0 radical (unpaired) electrons. The zero-order valence-electron chi connectivity index (χ0n) is 16.8. The van der Waals surface area contributed by atoms with Crippen LogP contribution >= 0.6 is 0 Å². The molecule has 4 heterocycles. The van der Waals surface area contributed by atoms with E-state index in [9.17, 15) is 4.79 Å². The van der Waals surface area contributed by atoms with E-state index in [1.807, 2.05) is 6.07 Å². The van der Waals surface area contributed by atoms with Gasteiger partial charge in [0.1, 0.15) is 11.8 Å². The fourth-order valence-corrected chi connectivity index (χ4v) is 4.47. The smallest absolute Gasteiger partial charge is 0.253 e. The van der Waals surface area contributed by atoms with Gasteiger partial charge in [0.25, 0.3) is 5.56 Å². The maximum Gasteiger partial charge on any atom is 0.253 e. The molecule has 1 aromatic carbocycles. The fraction of sp³-hybridized carbons (Fsp3) is 0.348. The van der Waals surface area contributed by atoms with Gasteiger partial charge in [-0.05, 0) is 36.6 Å². The molecule has 2 N–H and O–H groups in total. The molecule has 0 unspecified atom stereocenters. The molecule has 0 aliphatic carbocycles. The number of hydrogen-bond donors (Lipinski definition) is 2. The number of aromatic amines is 1. The Hall–Kier alpha value is -3.37. The molecule has 152 valence electrons. The van der Waals surface area contributed by atoms with Crippen LogP contribution in [0.25, 0.3) is 10.9 Å². The molecule has 1 fully saturated rings. The Morgan fingerprint density at radius 2 is 2.00 bits per heavy atom. The molecular weight excluding hydrogens is 376 g/mol. The summed E-state index contributed by atoms with van der Waals surface area (Å²) in [5, 5.41) is 13.4. The summed E-state index contributed by atoms with van der Waals surface area (Å²) in [6, 6.07) is 12.2. The number of fused-ring (bicyclic) bond motifs is 3. The summed E-state index contributed by atoms with van der Waals surface area (Å²) in [4.78, 5) is 24.5. The highest BCUT2D eigenvalue weighted by Crippen LogP contribution is 2.28. The molecule has 2 aromatic heterocycles. The molecule has 30 heavy (non-hydrogen) atoms. The second-order valence-corrected chi connectivity index (χ2v) is 7.99. The first-order valence-electron chi connectivity index (χ1n) is 10.5. The minimum atomic E-state index is 0.0338. The average molecular weight is 400 g/mol. The lowest BCUT2D eigenvalue weighted by atomic mass is 10.0. The van der Waals surface area contributed by atoms with Crippen LogP contribution in [0.2, 0.25) is 0 Å². The summed E-state index contributed by atoms with van der Waals surface area (Å²) in [6.07, 6.45) is 3.63. The Kier molecular flexibility index (Phi) is 4.85. The highest BCUT2D eigenvalue weighted by molar-refractivity contribution is 5.93. The molecular formula is C23H24N6O. The molecule has 0 saturated carbocycles. The molecule has 2 aliphatic heterocycles. The van der Waals surface area contributed by atoms with Crippen molar-refractivity contribution < 1.29 is 0 Å². The van der Waals surface area contributed by atoms with E-state index in [4.69, 9.17) is 5.26 Å². The highest BCUT2D eigenvalue weighted by atomic mass is 16.1. The first-order valence-corrected chi connectivity index (χ1v) is 10.5. The van der Waals surface area contributed by atoms with Crippen molar-refractivity contribution in [1.82, 2.24) is 14.9 Å². The Morgan fingerprint density at radius 3 is 2.77 bits per heavy atom. The number of aromatic nitrogens is 2. The fourth-order valence-electron chi connectivity index (χ4n) is 4.47. The molecule has 1 saturated heterocycles. The van der Waals surface area contributed by atoms with Crippen LogP contribution in [-0.2, 0) is 13.0 Å². The Labute approximate surface area is 175 Å². The number of nitriles is 1. The summed E-state index contributed by atoms with van der Waals surface area (Å²) >= 11 is 0. The maximum atomic E-state index is 12.5. The summed E-state index contributed by atoms with van der Waals surface area (Å²) in [7, 11) is 0. The van der Waals surface area contributed by atoms with Crippen molar-refractivity contribution in [2.45, 2.75) is 19.4 Å². The third-order valence-electron chi connectivity index (χ3n) is 6.09. The first-order chi connectivity index (χ1) is 14.7. The third kappa shape index (κ3) is 3.51. The summed E-state index contributed by atoms with van der Waals surface area (Å²) < 4.78 is 0. The van der Waals surface area contributed by atoms with Crippen LogP contribution in [0, 0.1) is 11.3 Å². The average Bonchev–Trinajstić information content (AvgIpc) is 2.80. The lowest BCUT2D eigenvalue weighted by Crippen LogP contribution is -2.46. The van der Waals surface area contributed by atoms with Gasteiger partial charge in [-0.2, -0.15) is 5.26 Å². The monoisotopic (exact) mass is 400 g/mol. The van der Waals surface area contributed by atoms with Crippen molar-refractivity contribution in [2.75, 3.05) is 42.9 Å². The highest BCUT2D eigenvalue weighted by Gasteiger charge is 2.19. The van der Waals surface area contributed by atoms with Crippen LogP contribution in [0.4, 0.5) is 11.4 Å². The molecule has 5 rings (SSSR count). The number of nitrogens with one attached hydrogen (secondary N) is 2. The van der Waals surface area contributed by atoms with Crippen molar-refractivity contribution in [2.24, 2.45) is 0 Å². The number of H-pyrrole nitrogens is 1. The number of hydrogen-bond acceptors (Lipinski definition) is 6. The van der Waals surface area contributed by atoms with Crippen LogP contribution in [0.15, 0.2) is 41.3 Å². The minimum Gasteiger partial charge on any atom is -0.384 e. The van der Waals surface area contributed by atoms with Crippen LogP contribution < -0.4 is 15.8 Å².